The summed E-state index contributed by atoms with van der Waals surface area (Å²) in [5.41, 5.74) is 2.43. The SMILES string of the molecule is ClC(c1nn(C2CCCCC2)c2ccccc12)C1CCCCC1. The van der Waals surface area contributed by atoms with Crippen molar-refractivity contribution in [2.45, 2.75) is 75.6 Å². The van der Waals surface area contributed by atoms with Gasteiger partial charge in [-0.3, -0.25) is 4.68 Å². The van der Waals surface area contributed by atoms with E-state index >= 15 is 0 Å². The van der Waals surface area contributed by atoms with E-state index in [0.29, 0.717) is 12.0 Å². The van der Waals surface area contributed by atoms with E-state index in [4.69, 9.17) is 16.7 Å². The Hall–Kier alpha value is -1.02. The molecule has 4 rings (SSSR count). The highest BCUT2D eigenvalue weighted by Gasteiger charge is 2.28. The Morgan fingerprint density at radius 1 is 0.913 bits per heavy atom. The summed E-state index contributed by atoms with van der Waals surface area (Å²) in [7, 11) is 0. The molecule has 0 aliphatic heterocycles. The molecule has 2 aromatic rings. The van der Waals surface area contributed by atoms with Crippen molar-refractivity contribution < 1.29 is 0 Å². The first-order valence-electron chi connectivity index (χ1n) is 9.46. The lowest BCUT2D eigenvalue weighted by atomic mass is 9.85. The Balaban J connectivity index is 1.71. The number of para-hydroxylation sites is 1. The highest BCUT2D eigenvalue weighted by molar-refractivity contribution is 6.21. The molecule has 0 bridgehead atoms. The number of hydrogen-bond acceptors (Lipinski definition) is 1. The number of fused-ring (bicyclic) bond motifs is 1. The fraction of sp³-hybridized carbons (Fsp3) is 0.650. The quantitative estimate of drug-likeness (QED) is 0.595. The molecular weight excluding hydrogens is 304 g/mol. The normalized spacial score (nSPS) is 22.5. The lowest BCUT2D eigenvalue weighted by Gasteiger charge is -2.25. The molecule has 3 heteroatoms. The van der Waals surface area contributed by atoms with Crippen molar-refractivity contribution in [2.24, 2.45) is 5.92 Å². The van der Waals surface area contributed by atoms with E-state index in [0.717, 1.165) is 5.69 Å². The minimum Gasteiger partial charge on any atom is -0.261 e. The van der Waals surface area contributed by atoms with Crippen molar-refractivity contribution in [2.75, 3.05) is 0 Å². The van der Waals surface area contributed by atoms with Crippen LogP contribution in [0.5, 0.6) is 0 Å². The second-order valence-electron chi connectivity index (χ2n) is 7.44. The van der Waals surface area contributed by atoms with Gasteiger partial charge in [0.2, 0.25) is 0 Å². The molecule has 2 nitrogen and oxygen atoms in total. The second-order valence-corrected chi connectivity index (χ2v) is 7.91. The van der Waals surface area contributed by atoms with Gasteiger partial charge in [-0.1, -0.05) is 56.7 Å². The molecule has 23 heavy (non-hydrogen) atoms. The highest BCUT2D eigenvalue weighted by Crippen LogP contribution is 2.41. The molecule has 2 saturated carbocycles. The molecule has 0 N–H and O–H groups in total. The predicted molar refractivity (Wildman–Crippen MR) is 97.0 cm³/mol. The number of hydrogen-bond donors (Lipinski definition) is 0. The lowest BCUT2D eigenvalue weighted by molar-refractivity contribution is 0.325. The van der Waals surface area contributed by atoms with E-state index in [1.54, 1.807) is 0 Å². The van der Waals surface area contributed by atoms with Crippen molar-refractivity contribution in [3.8, 4) is 0 Å². The van der Waals surface area contributed by atoms with Crippen LogP contribution >= 0.6 is 11.6 Å². The summed E-state index contributed by atoms with van der Waals surface area (Å²) in [4.78, 5) is 0. The highest BCUT2D eigenvalue weighted by atomic mass is 35.5. The minimum absolute atomic E-state index is 0.0741. The van der Waals surface area contributed by atoms with Gasteiger partial charge in [-0.05, 0) is 37.7 Å². The van der Waals surface area contributed by atoms with E-state index < -0.39 is 0 Å². The van der Waals surface area contributed by atoms with Gasteiger partial charge in [-0.25, -0.2) is 0 Å². The average molecular weight is 331 g/mol. The Kier molecular flexibility index (Phi) is 4.61. The van der Waals surface area contributed by atoms with Crippen LogP contribution in [0.3, 0.4) is 0 Å². The van der Waals surface area contributed by atoms with Gasteiger partial charge in [-0.2, -0.15) is 5.10 Å². The number of alkyl halides is 1. The molecular formula is C20H27ClN2. The number of benzene rings is 1. The molecule has 0 spiro atoms. The molecule has 2 aliphatic carbocycles. The summed E-state index contributed by atoms with van der Waals surface area (Å²) in [5.74, 6) is 0.600. The maximum Gasteiger partial charge on any atom is 0.0884 e. The summed E-state index contributed by atoms with van der Waals surface area (Å²) in [5, 5.41) is 6.43. The summed E-state index contributed by atoms with van der Waals surface area (Å²) >= 11 is 6.94. The van der Waals surface area contributed by atoms with Crippen LogP contribution in [0, 0.1) is 5.92 Å². The van der Waals surface area contributed by atoms with Crippen molar-refractivity contribution in [1.29, 1.82) is 0 Å². The number of aromatic nitrogens is 2. The van der Waals surface area contributed by atoms with Gasteiger partial charge in [0.05, 0.1) is 22.6 Å². The van der Waals surface area contributed by atoms with Crippen LogP contribution < -0.4 is 0 Å². The zero-order chi connectivity index (χ0) is 15.6. The summed E-state index contributed by atoms with van der Waals surface area (Å²) < 4.78 is 2.31. The zero-order valence-electron chi connectivity index (χ0n) is 13.9. The van der Waals surface area contributed by atoms with Crippen LogP contribution in [0.2, 0.25) is 0 Å². The van der Waals surface area contributed by atoms with E-state index in [-0.39, 0.29) is 5.38 Å². The third-order valence-electron chi connectivity index (χ3n) is 5.89. The fourth-order valence-corrected chi connectivity index (χ4v) is 4.98. The Bertz CT molecular complexity index is 651. The van der Waals surface area contributed by atoms with Crippen LogP contribution in [-0.4, -0.2) is 9.78 Å². The average Bonchev–Trinajstić information content (AvgIpc) is 3.02. The smallest absolute Gasteiger partial charge is 0.0884 e. The van der Waals surface area contributed by atoms with Gasteiger partial charge < -0.3 is 0 Å². The first-order valence-corrected chi connectivity index (χ1v) is 9.89. The standard InChI is InChI=1S/C20H27ClN2/c21-19(15-9-3-1-4-10-15)20-17-13-7-8-14-18(17)23(22-20)16-11-5-2-6-12-16/h7-8,13-16,19H,1-6,9-12H2. The van der Waals surface area contributed by atoms with Gasteiger partial charge in [-0.15, -0.1) is 11.6 Å². The van der Waals surface area contributed by atoms with Crippen molar-refractivity contribution >= 4 is 22.5 Å². The van der Waals surface area contributed by atoms with E-state index in [9.17, 15) is 0 Å². The largest absolute Gasteiger partial charge is 0.261 e. The maximum absolute atomic E-state index is 6.94. The summed E-state index contributed by atoms with van der Waals surface area (Å²) in [6.45, 7) is 0. The van der Waals surface area contributed by atoms with Crippen LogP contribution in [0.15, 0.2) is 24.3 Å². The van der Waals surface area contributed by atoms with Crippen LogP contribution in [0.4, 0.5) is 0 Å². The molecule has 124 valence electrons. The van der Waals surface area contributed by atoms with Gasteiger partial charge in [0.1, 0.15) is 0 Å². The Morgan fingerprint density at radius 3 is 2.30 bits per heavy atom. The van der Waals surface area contributed by atoms with Gasteiger partial charge in [0.25, 0.3) is 0 Å². The summed E-state index contributed by atoms with van der Waals surface area (Å²) in [6, 6.07) is 9.28. The Morgan fingerprint density at radius 2 is 1.57 bits per heavy atom. The third kappa shape index (κ3) is 3.03. The number of halogens is 1. The Labute approximate surface area is 144 Å². The van der Waals surface area contributed by atoms with Crippen LogP contribution in [-0.2, 0) is 0 Å². The van der Waals surface area contributed by atoms with Gasteiger partial charge >= 0.3 is 0 Å². The molecule has 1 aromatic heterocycles. The molecule has 1 atom stereocenters. The lowest BCUT2D eigenvalue weighted by Crippen LogP contribution is -2.16. The predicted octanol–water partition coefficient (Wildman–Crippen LogP) is 6.40. The van der Waals surface area contributed by atoms with Crippen molar-refractivity contribution in [1.82, 2.24) is 9.78 Å². The fourth-order valence-electron chi connectivity index (χ4n) is 4.57. The molecule has 1 unspecified atom stereocenters. The minimum atomic E-state index is 0.0741. The molecule has 0 saturated heterocycles. The topological polar surface area (TPSA) is 17.8 Å². The zero-order valence-corrected chi connectivity index (χ0v) is 14.6. The molecule has 1 heterocycles. The monoisotopic (exact) mass is 330 g/mol. The van der Waals surface area contributed by atoms with Gasteiger partial charge in [0.15, 0.2) is 0 Å². The molecule has 2 fully saturated rings. The summed E-state index contributed by atoms with van der Waals surface area (Å²) in [6.07, 6.45) is 13.1. The number of nitrogens with zero attached hydrogens (tertiary/aromatic N) is 2. The molecule has 1 aromatic carbocycles. The van der Waals surface area contributed by atoms with E-state index in [1.807, 2.05) is 0 Å². The first-order chi connectivity index (χ1) is 11.3. The molecule has 0 radical (unpaired) electrons. The van der Waals surface area contributed by atoms with Crippen LogP contribution in [0.1, 0.15) is 81.3 Å². The maximum atomic E-state index is 6.94. The first kappa shape index (κ1) is 15.5. The van der Waals surface area contributed by atoms with Crippen molar-refractivity contribution in [3.63, 3.8) is 0 Å². The van der Waals surface area contributed by atoms with E-state index in [1.165, 1.54) is 75.1 Å². The van der Waals surface area contributed by atoms with E-state index in [2.05, 4.69) is 28.9 Å². The molecule has 2 aliphatic rings. The second kappa shape index (κ2) is 6.84. The number of rotatable bonds is 3. The van der Waals surface area contributed by atoms with Crippen molar-refractivity contribution in [3.05, 3.63) is 30.0 Å². The van der Waals surface area contributed by atoms with Gasteiger partial charge in [0, 0.05) is 5.39 Å². The van der Waals surface area contributed by atoms with Crippen LogP contribution in [0.25, 0.3) is 10.9 Å². The third-order valence-corrected chi connectivity index (χ3v) is 6.45. The molecule has 0 amide bonds.